The van der Waals surface area contributed by atoms with Crippen molar-refractivity contribution < 1.29 is 14.7 Å². The zero-order chi connectivity index (χ0) is 10.6. The first kappa shape index (κ1) is 12.5. The van der Waals surface area contributed by atoms with Crippen molar-refractivity contribution in [1.29, 1.82) is 0 Å². The van der Waals surface area contributed by atoms with Gasteiger partial charge in [0.05, 0.1) is 6.04 Å². The molecule has 1 unspecified atom stereocenters. The fourth-order valence-electron chi connectivity index (χ4n) is 0.740. The number of primary amides is 1. The van der Waals surface area contributed by atoms with Crippen LogP contribution < -0.4 is 5.73 Å². The summed E-state index contributed by atoms with van der Waals surface area (Å²) < 4.78 is 0. The molecule has 1 atom stereocenters. The predicted octanol–water partition coefficient (Wildman–Crippen LogP) is 0.0782. The minimum Gasteiger partial charge on any atom is -0.387 e. The quantitative estimate of drug-likeness (QED) is 0.672. The molecule has 76 valence electrons. The Morgan fingerprint density at radius 1 is 1.54 bits per heavy atom. The Hall–Kier alpha value is -0.520. The molecule has 0 aromatic carbocycles. The number of alkyl halides is 2. The summed E-state index contributed by atoms with van der Waals surface area (Å²) in [6.07, 6.45) is 0. The number of hydrogen-bond acceptors (Lipinski definition) is 3. The molecule has 0 fully saturated rings. The smallest absolute Gasteiger partial charge is 0.321 e. The summed E-state index contributed by atoms with van der Waals surface area (Å²) in [6.45, 7) is 0.636. The Kier molecular flexibility index (Phi) is 5.05. The molecule has 5 nitrogen and oxygen atoms in total. The highest BCUT2D eigenvalue weighted by atomic mass is 35.5. The van der Waals surface area contributed by atoms with Gasteiger partial charge in [0.25, 0.3) is 5.91 Å². The van der Waals surface area contributed by atoms with Crippen LogP contribution in [0.3, 0.4) is 0 Å². The van der Waals surface area contributed by atoms with Crippen LogP contribution in [0.15, 0.2) is 0 Å². The average molecular weight is 229 g/mol. The first-order valence-corrected chi connectivity index (χ1v) is 4.29. The summed E-state index contributed by atoms with van der Waals surface area (Å²) in [5.41, 5.74) is 4.89. The van der Waals surface area contributed by atoms with E-state index in [1.54, 1.807) is 0 Å². The number of amides is 3. The summed E-state index contributed by atoms with van der Waals surface area (Å²) in [5.74, 6) is -0.827. The minimum absolute atomic E-state index is 0.616. The van der Waals surface area contributed by atoms with Gasteiger partial charge in [0.1, 0.15) is 11.4 Å². The molecule has 0 aliphatic heterocycles. The van der Waals surface area contributed by atoms with Gasteiger partial charge < -0.3 is 10.8 Å². The summed E-state index contributed by atoms with van der Waals surface area (Å²) >= 11 is 10.9. The average Bonchev–Trinajstić information content (AvgIpc) is 2.03. The molecule has 7 heteroatoms. The van der Waals surface area contributed by atoms with Crippen LogP contribution in [-0.2, 0) is 4.79 Å². The fourth-order valence-corrected chi connectivity index (χ4v) is 0.965. The zero-order valence-electron chi connectivity index (χ0n) is 6.91. The number of aliphatic hydroxyl groups is 1. The van der Waals surface area contributed by atoms with E-state index in [1.165, 1.54) is 6.92 Å². The summed E-state index contributed by atoms with van der Waals surface area (Å²) in [7, 11) is 0. The fraction of sp³-hybridized carbons (Fsp3) is 0.667. The van der Waals surface area contributed by atoms with Gasteiger partial charge in [-0.1, -0.05) is 0 Å². The molecule has 0 heterocycles. The molecule has 0 rings (SSSR count). The lowest BCUT2D eigenvalue weighted by molar-refractivity contribution is -0.132. The molecule has 0 bridgehead atoms. The number of nitrogens with zero attached hydrogens (tertiary/aromatic N) is 1. The first-order chi connectivity index (χ1) is 5.91. The van der Waals surface area contributed by atoms with E-state index in [-0.39, 0.29) is 0 Å². The number of rotatable bonds is 3. The van der Waals surface area contributed by atoms with Crippen molar-refractivity contribution in [2.45, 2.75) is 17.8 Å². The topological polar surface area (TPSA) is 83.6 Å². The van der Waals surface area contributed by atoms with Crippen LogP contribution in [0, 0.1) is 0 Å². The number of halogens is 2. The molecule has 0 aromatic rings. The van der Waals surface area contributed by atoms with Gasteiger partial charge in [0, 0.05) is 0 Å². The van der Waals surface area contributed by atoms with Crippen LogP contribution in [0.2, 0.25) is 0 Å². The van der Waals surface area contributed by atoms with Crippen molar-refractivity contribution in [1.82, 2.24) is 4.90 Å². The van der Waals surface area contributed by atoms with Crippen LogP contribution in [0.25, 0.3) is 0 Å². The highest BCUT2D eigenvalue weighted by molar-refractivity contribution is 6.44. The maximum atomic E-state index is 11.0. The molecule has 0 radical (unpaired) electrons. The van der Waals surface area contributed by atoms with E-state index in [0.717, 1.165) is 0 Å². The zero-order valence-corrected chi connectivity index (χ0v) is 8.42. The monoisotopic (exact) mass is 228 g/mol. The number of carbonyl (C=O) groups excluding carboxylic acids is 2. The van der Waals surface area contributed by atoms with E-state index in [0.29, 0.717) is 4.90 Å². The lowest BCUT2D eigenvalue weighted by atomic mass is 10.3. The Morgan fingerprint density at radius 2 is 2.00 bits per heavy atom. The molecular formula is C6H10Cl2N2O3. The Bertz CT molecular complexity index is 210. The van der Waals surface area contributed by atoms with Crippen LogP contribution in [0.5, 0.6) is 0 Å². The van der Waals surface area contributed by atoms with Gasteiger partial charge in [-0.3, -0.25) is 9.69 Å². The molecule has 0 spiro atoms. The van der Waals surface area contributed by atoms with E-state index in [4.69, 9.17) is 34.0 Å². The predicted molar refractivity (Wildman–Crippen MR) is 48.5 cm³/mol. The van der Waals surface area contributed by atoms with E-state index < -0.39 is 29.4 Å². The van der Waals surface area contributed by atoms with Gasteiger partial charge in [-0.25, -0.2) is 4.79 Å². The normalized spacial score (nSPS) is 12.7. The highest BCUT2D eigenvalue weighted by Gasteiger charge is 2.28. The summed E-state index contributed by atoms with van der Waals surface area (Å²) in [6, 6.07) is -1.75. The number of hydrogen-bond donors (Lipinski definition) is 2. The van der Waals surface area contributed by atoms with Crippen molar-refractivity contribution >= 4 is 35.1 Å². The van der Waals surface area contributed by atoms with Gasteiger partial charge in [-0.2, -0.15) is 0 Å². The maximum Gasteiger partial charge on any atom is 0.321 e. The second kappa shape index (κ2) is 5.26. The van der Waals surface area contributed by atoms with E-state index in [2.05, 4.69) is 0 Å². The number of imide groups is 1. The Balaban J connectivity index is 4.61. The van der Waals surface area contributed by atoms with Crippen molar-refractivity contribution in [2.24, 2.45) is 5.73 Å². The first-order valence-electron chi connectivity index (χ1n) is 3.42. The van der Waals surface area contributed by atoms with E-state index >= 15 is 0 Å². The lowest BCUT2D eigenvalue weighted by Crippen LogP contribution is -2.49. The third kappa shape index (κ3) is 3.38. The van der Waals surface area contributed by atoms with Gasteiger partial charge in [0.15, 0.2) is 0 Å². The van der Waals surface area contributed by atoms with Crippen LogP contribution >= 0.6 is 23.2 Å². The second-order valence-corrected chi connectivity index (χ2v) is 3.50. The summed E-state index contributed by atoms with van der Waals surface area (Å²) in [5, 5.41) is 8.50. The third-order valence-electron chi connectivity index (χ3n) is 1.41. The van der Waals surface area contributed by atoms with Gasteiger partial charge >= 0.3 is 6.03 Å². The van der Waals surface area contributed by atoms with Crippen molar-refractivity contribution in [2.75, 3.05) is 6.61 Å². The van der Waals surface area contributed by atoms with Gasteiger partial charge in [-0.15, -0.1) is 23.2 Å². The highest BCUT2D eigenvalue weighted by Crippen LogP contribution is 2.14. The molecule has 0 saturated heterocycles. The largest absolute Gasteiger partial charge is 0.387 e. The van der Waals surface area contributed by atoms with Crippen LogP contribution in [0.1, 0.15) is 6.92 Å². The van der Waals surface area contributed by atoms with E-state index in [9.17, 15) is 9.59 Å². The SMILES string of the molecule is CC(C(Cl)Cl)N(C(N)=O)C(=O)CO. The maximum absolute atomic E-state index is 11.0. The van der Waals surface area contributed by atoms with Crippen LogP contribution in [0.4, 0.5) is 4.79 Å². The number of aliphatic hydroxyl groups excluding tert-OH is 1. The Morgan fingerprint density at radius 3 is 2.23 bits per heavy atom. The molecule has 3 N–H and O–H groups in total. The molecule has 0 saturated carbocycles. The molecular weight excluding hydrogens is 219 g/mol. The van der Waals surface area contributed by atoms with Crippen molar-refractivity contribution in [3.8, 4) is 0 Å². The lowest BCUT2D eigenvalue weighted by Gasteiger charge is -2.25. The van der Waals surface area contributed by atoms with Crippen molar-refractivity contribution in [3.05, 3.63) is 0 Å². The van der Waals surface area contributed by atoms with Gasteiger partial charge in [-0.05, 0) is 6.92 Å². The second-order valence-electron chi connectivity index (χ2n) is 2.34. The number of urea groups is 1. The molecule has 0 aliphatic carbocycles. The minimum atomic E-state index is -0.988. The van der Waals surface area contributed by atoms with Crippen LogP contribution in [-0.4, -0.2) is 39.4 Å². The molecule has 0 aromatic heterocycles. The van der Waals surface area contributed by atoms with Gasteiger partial charge in [0.2, 0.25) is 0 Å². The molecule has 0 aliphatic rings. The standard InChI is InChI=1S/C6H10Cl2N2O3/c1-3(5(7)8)10(6(9)13)4(12)2-11/h3,5,11H,2H2,1H3,(H2,9,13). The number of carbonyl (C=O) groups is 2. The van der Waals surface area contributed by atoms with Crippen molar-refractivity contribution in [3.63, 3.8) is 0 Å². The third-order valence-corrected chi connectivity index (χ3v) is 2.14. The van der Waals surface area contributed by atoms with E-state index in [1.807, 2.05) is 0 Å². The molecule has 13 heavy (non-hydrogen) atoms. The number of nitrogens with two attached hydrogens (primary N) is 1. The Labute approximate surface area is 85.4 Å². The summed E-state index contributed by atoms with van der Waals surface area (Å²) in [4.78, 5) is 21.4. The molecule has 3 amide bonds.